The molecule has 244 valence electrons. The van der Waals surface area contributed by atoms with E-state index in [4.69, 9.17) is 4.74 Å². The quantitative estimate of drug-likeness (QED) is 0.175. The molecular formula is C48H36N2O. The predicted octanol–water partition coefficient (Wildman–Crippen LogP) is 13.7. The molecule has 2 aliphatic rings. The molecule has 0 bridgehead atoms. The maximum Gasteiger partial charge on any atom is 0.153 e. The molecule has 3 heteroatoms. The van der Waals surface area contributed by atoms with Crippen LogP contribution in [0.4, 0.5) is 34.1 Å². The van der Waals surface area contributed by atoms with E-state index in [1.165, 1.54) is 55.0 Å². The molecule has 0 saturated carbocycles. The van der Waals surface area contributed by atoms with Gasteiger partial charge in [-0.2, -0.15) is 0 Å². The summed E-state index contributed by atoms with van der Waals surface area (Å²) in [5.41, 5.74) is 12.5. The molecule has 8 aromatic carbocycles. The number of ether oxygens (including phenoxy) is 1. The van der Waals surface area contributed by atoms with E-state index in [-0.39, 0.29) is 5.41 Å². The van der Waals surface area contributed by atoms with Gasteiger partial charge in [0.15, 0.2) is 11.5 Å². The van der Waals surface area contributed by atoms with Gasteiger partial charge in [0.1, 0.15) is 0 Å². The van der Waals surface area contributed by atoms with Gasteiger partial charge in [-0.1, -0.05) is 135 Å². The second-order valence-corrected chi connectivity index (χ2v) is 14.3. The van der Waals surface area contributed by atoms with Crippen LogP contribution in [0.15, 0.2) is 164 Å². The van der Waals surface area contributed by atoms with Crippen molar-refractivity contribution in [1.29, 1.82) is 0 Å². The zero-order valence-corrected chi connectivity index (χ0v) is 28.9. The highest BCUT2D eigenvalue weighted by atomic mass is 16.5. The van der Waals surface area contributed by atoms with Crippen molar-refractivity contribution in [1.82, 2.24) is 0 Å². The molecule has 0 amide bonds. The molecule has 0 saturated heterocycles. The van der Waals surface area contributed by atoms with Crippen LogP contribution in [0, 0.1) is 6.92 Å². The third kappa shape index (κ3) is 4.44. The summed E-state index contributed by atoms with van der Waals surface area (Å²) in [4.78, 5) is 4.87. The van der Waals surface area contributed by atoms with Crippen molar-refractivity contribution in [3.63, 3.8) is 0 Å². The second kappa shape index (κ2) is 11.1. The number of benzene rings is 8. The summed E-state index contributed by atoms with van der Waals surface area (Å²) < 4.78 is 6.94. The fraction of sp³-hybridized carbons (Fsp3) is 0.0833. The fourth-order valence-corrected chi connectivity index (χ4v) is 8.40. The predicted molar refractivity (Wildman–Crippen MR) is 213 cm³/mol. The van der Waals surface area contributed by atoms with E-state index in [0.29, 0.717) is 0 Å². The van der Waals surface area contributed by atoms with Crippen LogP contribution in [0.25, 0.3) is 32.7 Å². The molecule has 0 radical (unpaired) electrons. The van der Waals surface area contributed by atoms with Crippen LogP contribution >= 0.6 is 0 Å². The molecule has 0 N–H and O–H groups in total. The highest BCUT2D eigenvalue weighted by molar-refractivity contribution is 6.14. The minimum atomic E-state index is -0.287. The standard InChI is InChI=1S/C48H36N2O/c1-31-14-13-23-44-46(31)50-42-22-12-11-21-40(42)48(2,3)41-29-36(30-45(51-44)47(41)50)49(35-26-24-33(25-27-35)32-15-5-4-6-16-32)43-28-34-17-7-8-18-37(34)38-19-9-10-20-39(38)43/h4-30H,1-3H3. The first kappa shape index (κ1) is 29.6. The van der Waals surface area contributed by atoms with Gasteiger partial charge in [0.2, 0.25) is 0 Å². The van der Waals surface area contributed by atoms with E-state index < -0.39 is 0 Å². The van der Waals surface area contributed by atoms with Gasteiger partial charge in [0, 0.05) is 22.6 Å². The topological polar surface area (TPSA) is 15.7 Å². The Bertz CT molecular complexity index is 2660. The van der Waals surface area contributed by atoms with Crippen molar-refractivity contribution in [3.8, 4) is 22.6 Å². The van der Waals surface area contributed by atoms with Crippen molar-refractivity contribution in [2.45, 2.75) is 26.2 Å². The Morgan fingerprint density at radius 1 is 0.510 bits per heavy atom. The Morgan fingerprint density at radius 3 is 2.02 bits per heavy atom. The summed E-state index contributed by atoms with van der Waals surface area (Å²) in [7, 11) is 0. The smallest absolute Gasteiger partial charge is 0.153 e. The number of anilines is 6. The van der Waals surface area contributed by atoms with Crippen molar-refractivity contribution in [3.05, 3.63) is 180 Å². The minimum Gasteiger partial charge on any atom is -0.453 e. The van der Waals surface area contributed by atoms with E-state index >= 15 is 0 Å². The number of aryl methyl sites for hydroxylation is 1. The average molecular weight is 657 g/mol. The molecule has 0 aliphatic carbocycles. The van der Waals surface area contributed by atoms with Gasteiger partial charge in [-0.3, -0.25) is 0 Å². The first-order chi connectivity index (χ1) is 25.0. The molecule has 8 aromatic rings. The highest BCUT2D eigenvalue weighted by Crippen LogP contribution is 2.62. The molecule has 10 rings (SSSR count). The summed E-state index contributed by atoms with van der Waals surface area (Å²) in [5.74, 6) is 1.73. The van der Waals surface area contributed by atoms with Crippen LogP contribution in [0.5, 0.6) is 11.5 Å². The zero-order valence-electron chi connectivity index (χ0n) is 28.9. The lowest BCUT2D eigenvalue weighted by atomic mass is 9.72. The lowest BCUT2D eigenvalue weighted by molar-refractivity contribution is 0.471. The first-order valence-electron chi connectivity index (χ1n) is 17.7. The SMILES string of the molecule is Cc1cccc2c1N1c3ccccc3C(C)(C)c3cc(N(c4ccc(-c5ccccc5)cc4)c4cc5ccccc5c5ccccc45)cc(c31)O2. The molecule has 0 aromatic heterocycles. The number of nitrogens with zero attached hydrogens (tertiary/aromatic N) is 2. The Balaban J connectivity index is 1.26. The normalized spacial score (nSPS) is 13.7. The van der Waals surface area contributed by atoms with Crippen LogP contribution < -0.4 is 14.5 Å². The Hall–Kier alpha value is -6.32. The maximum absolute atomic E-state index is 6.94. The first-order valence-corrected chi connectivity index (χ1v) is 17.7. The van der Waals surface area contributed by atoms with Gasteiger partial charge in [0.05, 0.1) is 28.4 Å². The van der Waals surface area contributed by atoms with Crippen molar-refractivity contribution in [2.75, 3.05) is 9.80 Å². The van der Waals surface area contributed by atoms with Crippen molar-refractivity contribution < 1.29 is 4.74 Å². The molecule has 3 nitrogen and oxygen atoms in total. The van der Waals surface area contributed by atoms with E-state index in [2.05, 4.69) is 194 Å². The van der Waals surface area contributed by atoms with Crippen LogP contribution in [-0.2, 0) is 5.41 Å². The Morgan fingerprint density at radius 2 is 1.20 bits per heavy atom. The molecular weight excluding hydrogens is 621 g/mol. The van der Waals surface area contributed by atoms with E-state index in [1.807, 2.05) is 0 Å². The van der Waals surface area contributed by atoms with Crippen LogP contribution in [0.1, 0.15) is 30.5 Å². The summed E-state index contributed by atoms with van der Waals surface area (Å²) in [5, 5.41) is 4.89. The lowest BCUT2D eigenvalue weighted by Crippen LogP contribution is -2.33. The minimum absolute atomic E-state index is 0.287. The zero-order chi connectivity index (χ0) is 34.3. The number of para-hydroxylation sites is 2. The average Bonchev–Trinajstić information content (AvgIpc) is 3.17. The maximum atomic E-state index is 6.94. The number of rotatable bonds is 4. The van der Waals surface area contributed by atoms with Crippen LogP contribution in [0.3, 0.4) is 0 Å². The van der Waals surface area contributed by atoms with Crippen LogP contribution in [0.2, 0.25) is 0 Å². The molecule has 2 aliphatic heterocycles. The Labute approximate surface area is 298 Å². The van der Waals surface area contributed by atoms with E-state index in [0.717, 1.165) is 39.9 Å². The molecule has 0 fully saturated rings. The third-order valence-corrected chi connectivity index (χ3v) is 10.9. The molecule has 2 heterocycles. The van der Waals surface area contributed by atoms with Crippen molar-refractivity contribution >= 4 is 55.7 Å². The van der Waals surface area contributed by atoms with Crippen LogP contribution in [-0.4, -0.2) is 0 Å². The summed E-state index contributed by atoms with van der Waals surface area (Å²) in [6, 6.07) is 59.3. The highest BCUT2D eigenvalue weighted by Gasteiger charge is 2.42. The second-order valence-electron chi connectivity index (χ2n) is 14.3. The summed E-state index contributed by atoms with van der Waals surface area (Å²) >= 11 is 0. The molecule has 0 atom stereocenters. The molecule has 0 unspecified atom stereocenters. The Kier molecular flexibility index (Phi) is 6.44. The van der Waals surface area contributed by atoms with Gasteiger partial charge in [-0.15, -0.1) is 0 Å². The lowest BCUT2D eigenvalue weighted by Gasteiger charge is -2.46. The van der Waals surface area contributed by atoms with Gasteiger partial charge in [-0.05, 0) is 87.3 Å². The van der Waals surface area contributed by atoms with E-state index in [9.17, 15) is 0 Å². The number of fused-ring (bicyclic) bond motifs is 7. The van der Waals surface area contributed by atoms with Gasteiger partial charge in [-0.25, -0.2) is 0 Å². The summed E-state index contributed by atoms with van der Waals surface area (Å²) in [6.45, 7) is 6.87. The van der Waals surface area contributed by atoms with E-state index in [1.54, 1.807) is 0 Å². The van der Waals surface area contributed by atoms with Gasteiger partial charge >= 0.3 is 0 Å². The van der Waals surface area contributed by atoms with Gasteiger partial charge < -0.3 is 14.5 Å². The summed E-state index contributed by atoms with van der Waals surface area (Å²) in [6.07, 6.45) is 0. The van der Waals surface area contributed by atoms with Gasteiger partial charge in [0.25, 0.3) is 0 Å². The fourth-order valence-electron chi connectivity index (χ4n) is 8.40. The third-order valence-electron chi connectivity index (χ3n) is 10.9. The van der Waals surface area contributed by atoms with Crippen molar-refractivity contribution in [2.24, 2.45) is 0 Å². The number of hydrogen-bond donors (Lipinski definition) is 0. The molecule has 51 heavy (non-hydrogen) atoms. The largest absolute Gasteiger partial charge is 0.453 e. The number of hydrogen-bond acceptors (Lipinski definition) is 3. The monoisotopic (exact) mass is 656 g/mol. The molecule has 0 spiro atoms.